The molecule has 0 saturated carbocycles. The standard InChI is InChI=1S/C12H22N2O3/c1-10(2)9-17-7-5-13-12(16)14-6-3-4-11(14)8-15/h11,15H,1,3-9H2,2H3,(H,13,16). The van der Waals surface area contributed by atoms with Gasteiger partial charge >= 0.3 is 6.03 Å². The predicted molar refractivity (Wildman–Crippen MR) is 65.8 cm³/mol. The lowest BCUT2D eigenvalue weighted by atomic mass is 10.2. The molecule has 1 atom stereocenters. The summed E-state index contributed by atoms with van der Waals surface area (Å²) in [6.45, 7) is 7.88. The van der Waals surface area contributed by atoms with Crippen molar-refractivity contribution in [1.82, 2.24) is 10.2 Å². The fourth-order valence-electron chi connectivity index (χ4n) is 1.87. The lowest BCUT2D eigenvalue weighted by Gasteiger charge is -2.23. The summed E-state index contributed by atoms with van der Waals surface area (Å²) in [5.74, 6) is 0. The largest absolute Gasteiger partial charge is 0.394 e. The van der Waals surface area contributed by atoms with Crippen LogP contribution >= 0.6 is 0 Å². The number of hydrogen-bond donors (Lipinski definition) is 2. The molecule has 0 aromatic rings. The number of rotatable bonds is 6. The van der Waals surface area contributed by atoms with Crippen LogP contribution in [0, 0.1) is 0 Å². The summed E-state index contributed by atoms with van der Waals surface area (Å²) in [6, 6.07) is -0.133. The van der Waals surface area contributed by atoms with Crippen LogP contribution in [-0.4, -0.2) is 55.0 Å². The third-order valence-electron chi connectivity index (χ3n) is 2.72. The maximum absolute atomic E-state index is 11.7. The maximum Gasteiger partial charge on any atom is 0.317 e. The summed E-state index contributed by atoms with van der Waals surface area (Å²) < 4.78 is 5.28. The molecule has 1 heterocycles. The molecule has 98 valence electrons. The first kappa shape index (κ1) is 14.0. The van der Waals surface area contributed by atoms with Crippen molar-refractivity contribution in [3.8, 4) is 0 Å². The molecular formula is C12H22N2O3. The lowest BCUT2D eigenvalue weighted by molar-refractivity contribution is 0.142. The quantitative estimate of drug-likeness (QED) is 0.533. The van der Waals surface area contributed by atoms with E-state index in [1.54, 1.807) is 4.90 Å². The summed E-state index contributed by atoms with van der Waals surface area (Å²) >= 11 is 0. The third-order valence-corrected chi connectivity index (χ3v) is 2.72. The Kier molecular flexibility index (Phi) is 6.00. The highest BCUT2D eigenvalue weighted by Crippen LogP contribution is 2.16. The molecule has 5 nitrogen and oxygen atoms in total. The molecule has 1 fully saturated rings. The summed E-state index contributed by atoms with van der Waals surface area (Å²) in [6.07, 6.45) is 1.85. The van der Waals surface area contributed by atoms with Crippen molar-refractivity contribution < 1.29 is 14.6 Å². The molecule has 2 amide bonds. The van der Waals surface area contributed by atoms with Gasteiger partial charge in [-0.05, 0) is 19.8 Å². The molecule has 1 unspecified atom stereocenters. The minimum Gasteiger partial charge on any atom is -0.394 e. The van der Waals surface area contributed by atoms with Gasteiger partial charge in [0.2, 0.25) is 0 Å². The van der Waals surface area contributed by atoms with Crippen molar-refractivity contribution in [3.63, 3.8) is 0 Å². The summed E-state index contributed by atoms with van der Waals surface area (Å²) in [7, 11) is 0. The Morgan fingerprint density at radius 1 is 1.65 bits per heavy atom. The Bertz CT molecular complexity index is 268. The van der Waals surface area contributed by atoms with E-state index in [0.717, 1.165) is 25.0 Å². The van der Waals surface area contributed by atoms with Gasteiger partial charge in [-0.15, -0.1) is 0 Å². The Balaban J connectivity index is 2.14. The Labute approximate surface area is 102 Å². The lowest BCUT2D eigenvalue weighted by Crippen LogP contribution is -2.45. The van der Waals surface area contributed by atoms with Crippen molar-refractivity contribution in [2.45, 2.75) is 25.8 Å². The Morgan fingerprint density at radius 3 is 3.06 bits per heavy atom. The molecule has 0 bridgehead atoms. The molecule has 1 aliphatic heterocycles. The van der Waals surface area contributed by atoms with Gasteiger partial charge in [-0.2, -0.15) is 0 Å². The summed E-state index contributed by atoms with van der Waals surface area (Å²) in [5.41, 5.74) is 0.969. The van der Waals surface area contributed by atoms with Gasteiger partial charge in [0.05, 0.1) is 25.9 Å². The monoisotopic (exact) mass is 242 g/mol. The molecule has 0 radical (unpaired) electrons. The van der Waals surface area contributed by atoms with Crippen LogP contribution in [0.5, 0.6) is 0 Å². The highest BCUT2D eigenvalue weighted by molar-refractivity contribution is 5.74. The van der Waals surface area contributed by atoms with Crippen molar-refractivity contribution in [3.05, 3.63) is 12.2 Å². The number of amides is 2. The van der Waals surface area contributed by atoms with Crippen LogP contribution in [0.1, 0.15) is 19.8 Å². The number of carbonyl (C=O) groups is 1. The van der Waals surface area contributed by atoms with Gasteiger partial charge in [0, 0.05) is 13.1 Å². The van der Waals surface area contributed by atoms with Crippen LogP contribution in [0.4, 0.5) is 4.79 Å². The molecule has 0 aromatic carbocycles. The first-order valence-corrected chi connectivity index (χ1v) is 6.02. The average molecular weight is 242 g/mol. The van der Waals surface area contributed by atoms with Crippen molar-refractivity contribution >= 4 is 6.03 Å². The second kappa shape index (κ2) is 7.29. The summed E-state index contributed by atoms with van der Waals surface area (Å²) in [4.78, 5) is 13.4. The van der Waals surface area contributed by atoms with Gasteiger partial charge < -0.3 is 20.1 Å². The van der Waals surface area contributed by atoms with Crippen LogP contribution in [0.2, 0.25) is 0 Å². The SMILES string of the molecule is C=C(C)COCCNC(=O)N1CCCC1CO. The first-order chi connectivity index (χ1) is 8.15. The van der Waals surface area contributed by atoms with Crippen LogP contribution in [0.25, 0.3) is 0 Å². The molecule has 1 aliphatic rings. The Morgan fingerprint density at radius 2 is 2.41 bits per heavy atom. The van der Waals surface area contributed by atoms with Crippen molar-refractivity contribution in [1.29, 1.82) is 0 Å². The fourth-order valence-corrected chi connectivity index (χ4v) is 1.87. The van der Waals surface area contributed by atoms with Crippen LogP contribution in [-0.2, 0) is 4.74 Å². The second-order valence-corrected chi connectivity index (χ2v) is 4.41. The number of aliphatic hydroxyl groups is 1. The second-order valence-electron chi connectivity index (χ2n) is 4.41. The average Bonchev–Trinajstić information content (AvgIpc) is 2.75. The van der Waals surface area contributed by atoms with Crippen molar-refractivity contribution in [2.75, 3.05) is 32.9 Å². The first-order valence-electron chi connectivity index (χ1n) is 6.02. The van der Waals surface area contributed by atoms with E-state index in [2.05, 4.69) is 11.9 Å². The molecule has 0 spiro atoms. The number of aliphatic hydroxyl groups excluding tert-OH is 1. The van der Waals surface area contributed by atoms with E-state index < -0.39 is 0 Å². The highest BCUT2D eigenvalue weighted by Gasteiger charge is 2.27. The molecular weight excluding hydrogens is 220 g/mol. The number of likely N-dealkylation sites (tertiary alicyclic amines) is 1. The molecule has 0 aromatic heterocycles. The highest BCUT2D eigenvalue weighted by atomic mass is 16.5. The topological polar surface area (TPSA) is 61.8 Å². The molecule has 1 saturated heterocycles. The zero-order valence-electron chi connectivity index (χ0n) is 10.4. The van der Waals surface area contributed by atoms with Crippen LogP contribution in [0.3, 0.4) is 0 Å². The zero-order valence-corrected chi connectivity index (χ0v) is 10.4. The molecule has 5 heteroatoms. The fraction of sp³-hybridized carbons (Fsp3) is 0.750. The van der Waals surface area contributed by atoms with E-state index in [-0.39, 0.29) is 18.7 Å². The number of nitrogens with one attached hydrogen (secondary N) is 1. The van der Waals surface area contributed by atoms with E-state index in [4.69, 9.17) is 9.84 Å². The van der Waals surface area contributed by atoms with Crippen molar-refractivity contribution in [2.24, 2.45) is 0 Å². The number of hydrogen-bond acceptors (Lipinski definition) is 3. The zero-order chi connectivity index (χ0) is 12.7. The summed E-state index contributed by atoms with van der Waals surface area (Å²) in [5, 5.41) is 11.9. The molecule has 17 heavy (non-hydrogen) atoms. The van der Waals surface area contributed by atoms with E-state index in [9.17, 15) is 4.79 Å². The van der Waals surface area contributed by atoms with Gasteiger partial charge in [0.1, 0.15) is 0 Å². The van der Waals surface area contributed by atoms with Crippen LogP contribution < -0.4 is 5.32 Å². The maximum atomic E-state index is 11.7. The predicted octanol–water partition coefficient (Wildman–Crippen LogP) is 0.745. The van der Waals surface area contributed by atoms with Gasteiger partial charge in [0.25, 0.3) is 0 Å². The van der Waals surface area contributed by atoms with E-state index >= 15 is 0 Å². The minimum absolute atomic E-state index is 0.0219. The molecule has 0 aliphatic carbocycles. The molecule has 2 N–H and O–H groups in total. The number of carbonyl (C=O) groups excluding carboxylic acids is 1. The van der Waals surface area contributed by atoms with E-state index in [0.29, 0.717) is 19.8 Å². The van der Waals surface area contributed by atoms with Gasteiger partial charge in [-0.25, -0.2) is 4.79 Å². The molecule has 1 rings (SSSR count). The number of urea groups is 1. The smallest absolute Gasteiger partial charge is 0.317 e. The normalized spacial score (nSPS) is 19.4. The van der Waals surface area contributed by atoms with E-state index in [1.165, 1.54) is 0 Å². The minimum atomic E-state index is -0.111. The van der Waals surface area contributed by atoms with Crippen LogP contribution in [0.15, 0.2) is 12.2 Å². The van der Waals surface area contributed by atoms with Gasteiger partial charge in [-0.1, -0.05) is 12.2 Å². The van der Waals surface area contributed by atoms with Gasteiger partial charge in [0.15, 0.2) is 0 Å². The number of ether oxygens (including phenoxy) is 1. The van der Waals surface area contributed by atoms with E-state index in [1.807, 2.05) is 6.92 Å². The number of nitrogens with zero attached hydrogens (tertiary/aromatic N) is 1. The van der Waals surface area contributed by atoms with Gasteiger partial charge in [-0.3, -0.25) is 0 Å². The Hall–Kier alpha value is -1.07. The third kappa shape index (κ3) is 4.75.